The van der Waals surface area contributed by atoms with Crippen molar-refractivity contribution in [3.8, 4) is 5.75 Å². The number of aryl methyl sites for hydroxylation is 1. The van der Waals surface area contributed by atoms with Crippen LogP contribution >= 0.6 is 0 Å². The number of hydrogen-bond acceptors (Lipinski definition) is 5. The Morgan fingerprint density at radius 2 is 1.80 bits per heavy atom. The van der Waals surface area contributed by atoms with E-state index < -0.39 is 11.2 Å². The average molecular weight is 399 g/mol. The summed E-state index contributed by atoms with van der Waals surface area (Å²) in [5.41, 5.74) is 5.45. The molecule has 0 saturated carbocycles. The molecule has 0 amide bonds. The average Bonchev–Trinajstić information content (AvgIpc) is 3.24. The molecule has 2 atom stereocenters. The zero-order valence-electron chi connectivity index (χ0n) is 16.6. The zero-order chi connectivity index (χ0) is 20.7. The lowest BCUT2D eigenvalue weighted by Gasteiger charge is -2.38. The Kier molecular flexibility index (Phi) is 4.47. The van der Waals surface area contributed by atoms with Gasteiger partial charge in [0.15, 0.2) is 0 Å². The Morgan fingerprint density at radius 3 is 2.50 bits per heavy atom. The predicted octanol–water partition coefficient (Wildman–Crippen LogP) is 5.40. The van der Waals surface area contributed by atoms with Gasteiger partial charge in [0, 0.05) is 29.7 Å². The van der Waals surface area contributed by atoms with Crippen molar-refractivity contribution < 1.29 is 9.66 Å². The maximum atomic E-state index is 11.0. The molecule has 5 rings (SSSR count). The molecule has 0 N–H and O–H groups in total. The molecule has 0 saturated heterocycles. The summed E-state index contributed by atoms with van der Waals surface area (Å²) in [5.74, 6) is 0.833. The minimum atomic E-state index is -0.432. The van der Waals surface area contributed by atoms with Crippen molar-refractivity contribution in [1.82, 2.24) is 5.01 Å². The lowest BCUT2D eigenvalue weighted by Crippen LogP contribution is -2.33. The molecule has 2 aliphatic rings. The van der Waals surface area contributed by atoms with Crippen LogP contribution in [0.4, 0.5) is 5.69 Å². The van der Waals surface area contributed by atoms with Crippen molar-refractivity contribution in [3.63, 3.8) is 0 Å². The van der Waals surface area contributed by atoms with E-state index in [-0.39, 0.29) is 11.7 Å². The third kappa shape index (κ3) is 3.10. The van der Waals surface area contributed by atoms with Crippen LogP contribution < -0.4 is 4.74 Å². The number of fused-ring (bicyclic) bond motifs is 3. The van der Waals surface area contributed by atoms with E-state index in [1.54, 1.807) is 12.1 Å². The van der Waals surface area contributed by atoms with Crippen molar-refractivity contribution in [1.29, 1.82) is 0 Å². The van der Waals surface area contributed by atoms with Gasteiger partial charge in [0.1, 0.15) is 5.75 Å². The molecule has 3 aromatic rings. The summed E-state index contributed by atoms with van der Waals surface area (Å²) in [6.07, 6.45) is 1.36. The van der Waals surface area contributed by atoms with Crippen LogP contribution in [0.25, 0.3) is 0 Å². The summed E-state index contributed by atoms with van der Waals surface area (Å²) in [6.45, 7) is 2.14. The van der Waals surface area contributed by atoms with Gasteiger partial charge in [-0.15, -0.1) is 0 Å². The second-order valence-corrected chi connectivity index (χ2v) is 7.55. The highest BCUT2D eigenvalue weighted by Gasteiger charge is 2.40. The maximum absolute atomic E-state index is 11.0. The Balaban J connectivity index is 1.54. The molecular weight excluding hydrogens is 378 g/mol. The van der Waals surface area contributed by atoms with Crippen LogP contribution in [0.5, 0.6) is 5.75 Å². The number of nitro benzene ring substituents is 1. The number of nitrogens with zero attached hydrogens (tertiary/aromatic N) is 3. The van der Waals surface area contributed by atoms with Crippen LogP contribution in [0.15, 0.2) is 77.9 Å². The largest absolute Gasteiger partial charge is 0.464 e. The number of para-hydroxylation sites is 1. The van der Waals surface area contributed by atoms with Crippen LogP contribution in [0.3, 0.4) is 0 Å². The van der Waals surface area contributed by atoms with Crippen molar-refractivity contribution in [2.24, 2.45) is 5.10 Å². The Hall–Kier alpha value is -3.67. The molecule has 0 radical (unpaired) electrons. The molecule has 0 fully saturated rings. The fourth-order valence-corrected chi connectivity index (χ4v) is 4.12. The summed E-state index contributed by atoms with van der Waals surface area (Å²) >= 11 is 0. The first kappa shape index (κ1) is 18.4. The molecular formula is C24H21N3O3. The molecule has 150 valence electrons. The van der Waals surface area contributed by atoms with Crippen molar-refractivity contribution >= 4 is 11.4 Å². The summed E-state index contributed by atoms with van der Waals surface area (Å²) in [7, 11) is 0. The van der Waals surface area contributed by atoms with Crippen molar-refractivity contribution in [2.45, 2.75) is 32.0 Å². The molecule has 0 bridgehead atoms. The maximum Gasteiger partial charge on any atom is 0.269 e. The van der Waals surface area contributed by atoms with E-state index in [4.69, 9.17) is 9.84 Å². The number of non-ortho nitro benzene ring substituents is 1. The first-order valence-corrected chi connectivity index (χ1v) is 10.1. The van der Waals surface area contributed by atoms with E-state index in [9.17, 15) is 10.1 Å². The van der Waals surface area contributed by atoms with Gasteiger partial charge in [0.2, 0.25) is 6.23 Å². The summed E-state index contributed by atoms with van der Waals surface area (Å²) in [6, 6.07) is 23.2. The standard InChI is InChI=1S/C24H21N3O3/c1-2-16-7-9-17(10-8-16)21-15-22-20-5-3-4-6-23(20)30-24(26(22)25-21)18-11-13-19(14-12-18)27(28)29/h3-14,22,24H,2,15H2,1H3/t22-,24-/m0/s1. The van der Waals surface area contributed by atoms with Crippen molar-refractivity contribution in [3.05, 3.63) is 105 Å². The lowest BCUT2D eigenvalue weighted by atomic mass is 9.95. The second kappa shape index (κ2) is 7.30. The number of nitro groups is 1. The lowest BCUT2D eigenvalue weighted by molar-refractivity contribution is -0.384. The molecule has 0 unspecified atom stereocenters. The SMILES string of the molecule is CCc1ccc(C2=NN3[C@@H](C2)c2ccccc2O[C@H]3c2ccc([N+](=O)[O-])cc2)cc1. The van der Waals surface area contributed by atoms with Gasteiger partial charge in [-0.2, -0.15) is 5.10 Å². The van der Waals surface area contributed by atoms with Crippen LogP contribution in [0, 0.1) is 10.1 Å². The third-order valence-electron chi connectivity index (χ3n) is 5.78. The van der Waals surface area contributed by atoms with E-state index in [0.29, 0.717) is 0 Å². The number of hydrogen-bond donors (Lipinski definition) is 0. The van der Waals surface area contributed by atoms with Crippen LogP contribution in [-0.4, -0.2) is 15.6 Å². The number of rotatable bonds is 4. The zero-order valence-corrected chi connectivity index (χ0v) is 16.6. The molecule has 6 heteroatoms. The van der Waals surface area contributed by atoms with Gasteiger partial charge >= 0.3 is 0 Å². The number of hydrazone groups is 1. The Labute approximate surface area is 174 Å². The van der Waals surface area contributed by atoms with Crippen molar-refractivity contribution in [2.75, 3.05) is 0 Å². The first-order valence-electron chi connectivity index (χ1n) is 10.1. The highest BCUT2D eigenvalue weighted by atomic mass is 16.6. The molecule has 0 aromatic heterocycles. The number of benzene rings is 3. The van der Waals surface area contributed by atoms with Gasteiger partial charge in [-0.1, -0.05) is 49.4 Å². The van der Waals surface area contributed by atoms with Gasteiger partial charge < -0.3 is 4.74 Å². The Bertz CT molecular complexity index is 1120. The van der Waals surface area contributed by atoms with E-state index >= 15 is 0 Å². The predicted molar refractivity (Wildman–Crippen MR) is 114 cm³/mol. The van der Waals surface area contributed by atoms with Gasteiger partial charge in [-0.25, -0.2) is 5.01 Å². The fraction of sp³-hybridized carbons (Fsp3) is 0.208. The van der Waals surface area contributed by atoms with Crippen LogP contribution in [0.2, 0.25) is 0 Å². The Morgan fingerprint density at radius 1 is 1.07 bits per heavy atom. The highest BCUT2D eigenvalue weighted by molar-refractivity contribution is 6.02. The van der Waals surface area contributed by atoms with Gasteiger partial charge in [0.05, 0.1) is 16.7 Å². The third-order valence-corrected chi connectivity index (χ3v) is 5.78. The quantitative estimate of drug-likeness (QED) is 0.435. The van der Waals surface area contributed by atoms with E-state index in [1.165, 1.54) is 17.7 Å². The monoisotopic (exact) mass is 399 g/mol. The second-order valence-electron chi connectivity index (χ2n) is 7.55. The smallest absolute Gasteiger partial charge is 0.269 e. The van der Waals surface area contributed by atoms with E-state index in [2.05, 4.69) is 37.3 Å². The first-order chi connectivity index (χ1) is 14.6. The van der Waals surface area contributed by atoms with Crippen LogP contribution in [-0.2, 0) is 6.42 Å². The van der Waals surface area contributed by atoms with Crippen LogP contribution in [0.1, 0.15) is 47.9 Å². The van der Waals surface area contributed by atoms with Gasteiger partial charge in [-0.05, 0) is 35.7 Å². The molecule has 0 spiro atoms. The van der Waals surface area contributed by atoms with E-state index in [1.807, 2.05) is 23.2 Å². The minimum absolute atomic E-state index is 0.0631. The molecule has 6 nitrogen and oxygen atoms in total. The summed E-state index contributed by atoms with van der Waals surface area (Å²) < 4.78 is 6.30. The van der Waals surface area contributed by atoms with Gasteiger partial charge in [-0.3, -0.25) is 10.1 Å². The topological polar surface area (TPSA) is 68.0 Å². The molecule has 3 aromatic carbocycles. The molecule has 2 heterocycles. The summed E-state index contributed by atoms with van der Waals surface area (Å²) in [5, 5.41) is 18.0. The van der Waals surface area contributed by atoms with E-state index in [0.717, 1.165) is 41.0 Å². The normalized spacial score (nSPS) is 19.5. The fourth-order valence-electron chi connectivity index (χ4n) is 4.12. The summed E-state index contributed by atoms with van der Waals surface area (Å²) in [4.78, 5) is 10.6. The highest BCUT2D eigenvalue weighted by Crippen LogP contribution is 2.47. The van der Waals surface area contributed by atoms with Gasteiger partial charge in [0.25, 0.3) is 5.69 Å². The molecule has 30 heavy (non-hydrogen) atoms. The molecule has 0 aliphatic carbocycles. The minimum Gasteiger partial charge on any atom is -0.464 e. The number of ether oxygens (including phenoxy) is 1. The molecule has 2 aliphatic heterocycles.